The Morgan fingerprint density at radius 2 is 1.24 bits per heavy atom. The van der Waals surface area contributed by atoms with Crippen molar-refractivity contribution in [3.8, 4) is 5.75 Å². The number of phenolic OH excluding ortho intramolecular Hbond substituents is 1. The van der Waals surface area contributed by atoms with Crippen LogP contribution in [-0.2, 0) is 49.5 Å². The lowest BCUT2D eigenvalue weighted by molar-refractivity contribution is -0.155. The second-order valence-electron chi connectivity index (χ2n) is 17.9. The molecule has 1 aliphatic heterocycles. The van der Waals surface area contributed by atoms with E-state index in [0.29, 0.717) is 24.9 Å². The van der Waals surface area contributed by atoms with Crippen molar-refractivity contribution >= 4 is 53.3 Å². The van der Waals surface area contributed by atoms with E-state index in [-0.39, 0.29) is 24.6 Å². The van der Waals surface area contributed by atoms with Gasteiger partial charge in [0, 0.05) is 19.4 Å². The van der Waals surface area contributed by atoms with E-state index in [1.165, 1.54) is 45.0 Å². The van der Waals surface area contributed by atoms with Crippen LogP contribution >= 0.6 is 0 Å². The van der Waals surface area contributed by atoms with E-state index >= 15 is 0 Å². The molecule has 1 aromatic carbocycles. The van der Waals surface area contributed by atoms with Crippen LogP contribution in [0.5, 0.6) is 5.75 Å². The molecular formula is C46H76N10O12. The lowest BCUT2D eigenvalue weighted by atomic mass is 9.99. The maximum absolute atomic E-state index is 14.1. The van der Waals surface area contributed by atoms with Crippen molar-refractivity contribution in [2.45, 2.75) is 185 Å². The maximum Gasteiger partial charge on any atom is 0.328 e. The number of esters is 1. The Kier molecular flexibility index (Phi) is 25.9. The molecule has 1 aromatic rings. The molecule has 15 N–H and O–H groups in total. The predicted octanol–water partition coefficient (Wildman–Crippen LogP) is -0.574. The fourth-order valence-corrected chi connectivity index (χ4v) is 7.38. The number of aliphatic hydroxyl groups is 2. The molecule has 68 heavy (non-hydrogen) atoms. The van der Waals surface area contributed by atoms with Gasteiger partial charge in [0.1, 0.15) is 48.1 Å². The molecule has 382 valence electrons. The van der Waals surface area contributed by atoms with Crippen LogP contribution in [0.4, 0.5) is 0 Å². The fourth-order valence-electron chi connectivity index (χ4n) is 7.38. The van der Waals surface area contributed by atoms with E-state index in [4.69, 9.17) is 21.9 Å². The Labute approximate surface area is 398 Å². The molecule has 22 nitrogen and oxygen atoms in total. The van der Waals surface area contributed by atoms with Crippen LogP contribution in [0.25, 0.3) is 0 Å². The SMILES string of the molecule is CC(C)[C@H]1NC(=O)[C@@H](NC(=O)C[C@H](O)CCCCCCCCCCCCN=C(N)N)[C@@H](C)OC(=O)[C@@H](C)NC(=O)[C@@H](CCC(N)=O)NC(=O)[C@@H]([C@@H](C)O)NC(=O)C(Cc2ccc(O)cc2)NC1=O. The van der Waals surface area contributed by atoms with E-state index in [1.54, 1.807) is 13.8 Å². The highest BCUT2D eigenvalue weighted by Gasteiger charge is 2.38. The number of aromatic hydroxyl groups is 1. The van der Waals surface area contributed by atoms with Gasteiger partial charge in [0.25, 0.3) is 0 Å². The number of cyclic esters (lactones) is 1. The van der Waals surface area contributed by atoms with E-state index in [0.717, 1.165) is 57.8 Å². The molecule has 9 atom stereocenters. The Balaban J connectivity index is 2.33. The zero-order chi connectivity index (χ0) is 50.9. The van der Waals surface area contributed by atoms with E-state index in [1.807, 2.05) is 0 Å². The summed E-state index contributed by atoms with van der Waals surface area (Å²) in [6.45, 7) is 7.60. The van der Waals surface area contributed by atoms with Gasteiger partial charge >= 0.3 is 5.97 Å². The highest BCUT2D eigenvalue weighted by Crippen LogP contribution is 2.16. The number of carbonyl (C=O) groups is 8. The first-order valence-electron chi connectivity index (χ1n) is 23.6. The highest BCUT2D eigenvalue weighted by molar-refractivity contribution is 5.97. The highest BCUT2D eigenvalue weighted by atomic mass is 16.5. The standard InChI is InChI=1S/C46H76N10O12/c1-26(2)37-42(64)53-34(24-30-17-19-31(58)20-18-30)41(63)56-38(28(4)57)43(65)52-33(21-22-35(47)60)40(62)51-27(3)45(67)68-29(5)39(44(66)55-37)54-36(61)25-32(59)16-14-12-10-8-6-7-9-11-13-15-23-50-46(48)49/h17-20,26-29,32-34,37-39,57-59H,6-16,21-25H2,1-5H3,(H2,47,60)(H,51,62)(H,52,65)(H,53,64)(H,54,61)(H,55,66)(H,56,63)(H4,48,49,50)/t27-,28-,29-,32-,33-,34?,37-,38-,39+/m1/s1. The molecule has 22 heteroatoms. The number of nitrogens with zero attached hydrogens (tertiary/aromatic N) is 1. The molecule has 1 saturated heterocycles. The summed E-state index contributed by atoms with van der Waals surface area (Å²) >= 11 is 0. The van der Waals surface area contributed by atoms with Crippen molar-refractivity contribution in [3.05, 3.63) is 29.8 Å². The van der Waals surface area contributed by atoms with Crippen molar-refractivity contribution in [1.82, 2.24) is 31.9 Å². The van der Waals surface area contributed by atoms with Gasteiger partial charge in [-0.1, -0.05) is 83.8 Å². The summed E-state index contributed by atoms with van der Waals surface area (Å²) in [5.41, 5.74) is 16.5. The van der Waals surface area contributed by atoms with Crippen molar-refractivity contribution in [2.75, 3.05) is 6.54 Å². The summed E-state index contributed by atoms with van der Waals surface area (Å²) in [5.74, 6) is -8.06. The van der Waals surface area contributed by atoms with Crippen molar-refractivity contribution in [1.29, 1.82) is 0 Å². The average molecular weight is 961 g/mol. The van der Waals surface area contributed by atoms with Crippen LogP contribution in [0.3, 0.4) is 0 Å². The first-order valence-corrected chi connectivity index (χ1v) is 23.6. The summed E-state index contributed by atoms with van der Waals surface area (Å²) in [6.07, 6.45) is 4.87. The van der Waals surface area contributed by atoms with E-state index in [2.05, 4.69) is 36.9 Å². The summed E-state index contributed by atoms with van der Waals surface area (Å²) in [5, 5.41) is 46.2. The number of nitrogens with two attached hydrogens (primary N) is 3. The minimum absolute atomic E-state index is 0.0747. The number of nitrogens with one attached hydrogen (secondary N) is 6. The smallest absolute Gasteiger partial charge is 0.328 e. The van der Waals surface area contributed by atoms with Crippen LogP contribution in [-0.4, -0.2) is 130 Å². The third kappa shape index (κ3) is 22.2. The minimum atomic E-state index is -1.72. The lowest BCUT2D eigenvalue weighted by Crippen LogP contribution is -2.62. The number of hydrogen-bond donors (Lipinski definition) is 12. The summed E-state index contributed by atoms with van der Waals surface area (Å²) in [6, 6.07) is -3.45. The molecule has 0 bridgehead atoms. The zero-order valence-electron chi connectivity index (χ0n) is 40.1. The number of aliphatic hydroxyl groups excluding tert-OH is 2. The summed E-state index contributed by atoms with van der Waals surface area (Å²) in [4.78, 5) is 112. The number of benzene rings is 1. The Hall–Kier alpha value is -6.03. The first kappa shape index (κ1) is 58.1. The predicted molar refractivity (Wildman–Crippen MR) is 252 cm³/mol. The first-order chi connectivity index (χ1) is 32.1. The van der Waals surface area contributed by atoms with Gasteiger partial charge in [-0.2, -0.15) is 0 Å². The molecule has 0 radical (unpaired) electrons. The minimum Gasteiger partial charge on any atom is -0.508 e. The number of primary amides is 1. The number of amides is 7. The molecule has 2 rings (SSSR count). The molecule has 1 unspecified atom stereocenters. The monoisotopic (exact) mass is 961 g/mol. The lowest BCUT2D eigenvalue weighted by Gasteiger charge is -2.30. The average Bonchev–Trinajstić information content (AvgIpc) is 3.26. The molecule has 1 fully saturated rings. The van der Waals surface area contributed by atoms with Gasteiger partial charge in [0.05, 0.1) is 18.6 Å². The quantitative estimate of drug-likeness (QED) is 0.0283. The molecule has 0 saturated carbocycles. The van der Waals surface area contributed by atoms with Crippen LogP contribution in [0, 0.1) is 5.92 Å². The van der Waals surface area contributed by atoms with Crippen molar-refractivity contribution in [2.24, 2.45) is 28.1 Å². The Morgan fingerprint density at radius 1 is 0.706 bits per heavy atom. The fraction of sp³-hybridized carbons (Fsp3) is 0.674. The topological polar surface area (TPSA) is 369 Å². The van der Waals surface area contributed by atoms with Gasteiger partial charge in [0.15, 0.2) is 5.96 Å². The normalized spacial score (nSPS) is 23.2. The van der Waals surface area contributed by atoms with Crippen LogP contribution in [0.1, 0.15) is 130 Å². The van der Waals surface area contributed by atoms with Crippen LogP contribution in [0.2, 0.25) is 0 Å². The van der Waals surface area contributed by atoms with Gasteiger partial charge in [-0.25, -0.2) is 4.79 Å². The van der Waals surface area contributed by atoms with Crippen molar-refractivity contribution in [3.63, 3.8) is 0 Å². The van der Waals surface area contributed by atoms with Gasteiger partial charge in [-0.05, 0) is 63.6 Å². The number of hydrogen-bond acceptors (Lipinski definition) is 13. The third-order valence-electron chi connectivity index (χ3n) is 11.4. The largest absolute Gasteiger partial charge is 0.508 e. The Morgan fingerprint density at radius 3 is 1.79 bits per heavy atom. The zero-order valence-corrected chi connectivity index (χ0v) is 40.1. The molecule has 0 aliphatic carbocycles. The molecule has 0 spiro atoms. The van der Waals surface area contributed by atoms with Crippen LogP contribution in [0.15, 0.2) is 29.3 Å². The number of carbonyl (C=O) groups excluding carboxylic acids is 8. The number of unbranched alkanes of at least 4 members (excludes halogenated alkanes) is 9. The van der Waals surface area contributed by atoms with Gasteiger partial charge in [-0.15, -0.1) is 0 Å². The summed E-state index contributed by atoms with van der Waals surface area (Å²) < 4.78 is 5.58. The van der Waals surface area contributed by atoms with E-state index in [9.17, 15) is 53.7 Å². The third-order valence-corrected chi connectivity index (χ3v) is 11.4. The number of rotatable bonds is 23. The van der Waals surface area contributed by atoms with Gasteiger partial charge in [-0.3, -0.25) is 38.6 Å². The molecular weight excluding hydrogens is 885 g/mol. The van der Waals surface area contributed by atoms with Gasteiger partial charge in [0.2, 0.25) is 41.4 Å². The number of phenols is 1. The molecule has 1 heterocycles. The summed E-state index contributed by atoms with van der Waals surface area (Å²) in [7, 11) is 0. The number of aliphatic imine (C=N–C) groups is 1. The maximum atomic E-state index is 14.1. The Bertz CT molecular complexity index is 1840. The molecule has 1 aliphatic rings. The second-order valence-corrected chi connectivity index (χ2v) is 17.9. The molecule has 7 amide bonds. The second kappa shape index (κ2) is 30.4. The van der Waals surface area contributed by atoms with E-state index < -0.39 is 121 Å². The molecule has 0 aromatic heterocycles. The number of ether oxygens (including phenoxy) is 1. The van der Waals surface area contributed by atoms with Gasteiger partial charge < -0.3 is 69.2 Å². The van der Waals surface area contributed by atoms with Crippen LogP contribution < -0.4 is 49.1 Å². The van der Waals surface area contributed by atoms with Crippen molar-refractivity contribution < 1.29 is 58.4 Å². The number of guanidine groups is 1.